The van der Waals surface area contributed by atoms with Gasteiger partial charge in [0.05, 0.1) is 26.5 Å². The molecule has 1 aliphatic rings. The third-order valence-electron chi connectivity index (χ3n) is 5.93. The van der Waals surface area contributed by atoms with Gasteiger partial charge in [-0.05, 0) is 43.2 Å². The highest BCUT2D eigenvalue weighted by atomic mass is 16.5. The van der Waals surface area contributed by atoms with Crippen molar-refractivity contribution in [2.45, 2.75) is 27.2 Å². The Morgan fingerprint density at radius 2 is 1.71 bits per heavy atom. The predicted octanol–water partition coefficient (Wildman–Crippen LogP) is 2.70. The van der Waals surface area contributed by atoms with E-state index in [1.54, 1.807) is 19.1 Å². The summed E-state index contributed by atoms with van der Waals surface area (Å²) in [6.45, 7) is 9.13. The SMILES string of the molecule is CCN(CC(=O)N1CCN(c2ccc(-c3ccc(OC)c(OC)c3)nn2)CC1)C(=O)CC(C)C. The van der Waals surface area contributed by atoms with Crippen LogP contribution in [0.5, 0.6) is 11.5 Å². The van der Waals surface area contributed by atoms with Gasteiger partial charge < -0.3 is 24.2 Å². The number of likely N-dealkylation sites (N-methyl/N-ethyl adjacent to an activating group) is 1. The summed E-state index contributed by atoms with van der Waals surface area (Å²) in [4.78, 5) is 30.7. The van der Waals surface area contributed by atoms with Gasteiger partial charge in [-0.1, -0.05) is 13.8 Å². The van der Waals surface area contributed by atoms with E-state index in [-0.39, 0.29) is 24.3 Å². The molecule has 0 N–H and O–H groups in total. The summed E-state index contributed by atoms with van der Waals surface area (Å²) in [6, 6.07) is 9.51. The molecule has 1 fully saturated rings. The minimum atomic E-state index is -0.00603. The molecule has 0 radical (unpaired) electrons. The molecule has 34 heavy (non-hydrogen) atoms. The number of hydrogen-bond acceptors (Lipinski definition) is 7. The lowest BCUT2D eigenvalue weighted by Crippen LogP contribution is -2.52. The van der Waals surface area contributed by atoms with Crippen molar-refractivity contribution < 1.29 is 19.1 Å². The molecular weight excluding hydrogens is 434 g/mol. The van der Waals surface area contributed by atoms with Crippen molar-refractivity contribution in [3.63, 3.8) is 0 Å². The molecule has 1 aromatic heterocycles. The molecule has 0 aliphatic carbocycles. The maximum Gasteiger partial charge on any atom is 0.242 e. The van der Waals surface area contributed by atoms with Crippen LogP contribution in [0.2, 0.25) is 0 Å². The van der Waals surface area contributed by atoms with E-state index in [1.807, 2.05) is 56.0 Å². The largest absolute Gasteiger partial charge is 0.493 e. The minimum Gasteiger partial charge on any atom is -0.493 e. The molecule has 0 unspecified atom stereocenters. The first-order valence-electron chi connectivity index (χ1n) is 11.7. The Morgan fingerprint density at radius 3 is 2.26 bits per heavy atom. The van der Waals surface area contributed by atoms with E-state index in [1.165, 1.54) is 0 Å². The van der Waals surface area contributed by atoms with Gasteiger partial charge in [0.2, 0.25) is 11.8 Å². The summed E-state index contributed by atoms with van der Waals surface area (Å²) >= 11 is 0. The monoisotopic (exact) mass is 469 g/mol. The molecule has 9 heteroatoms. The third-order valence-corrected chi connectivity index (χ3v) is 5.93. The smallest absolute Gasteiger partial charge is 0.242 e. The van der Waals surface area contributed by atoms with Crippen LogP contribution in [-0.2, 0) is 9.59 Å². The van der Waals surface area contributed by atoms with E-state index >= 15 is 0 Å². The molecule has 0 bridgehead atoms. The van der Waals surface area contributed by atoms with Crippen LogP contribution in [0.4, 0.5) is 5.82 Å². The summed E-state index contributed by atoms with van der Waals surface area (Å²) in [5.74, 6) is 2.38. The van der Waals surface area contributed by atoms with Crippen molar-refractivity contribution in [2.24, 2.45) is 5.92 Å². The number of aromatic nitrogens is 2. The molecule has 1 saturated heterocycles. The lowest BCUT2D eigenvalue weighted by molar-refractivity contribution is -0.141. The number of anilines is 1. The molecule has 2 heterocycles. The number of carbonyl (C=O) groups excluding carboxylic acids is 2. The molecule has 1 aliphatic heterocycles. The zero-order chi connectivity index (χ0) is 24.7. The molecule has 2 amide bonds. The fraction of sp³-hybridized carbons (Fsp3) is 0.520. The Bertz CT molecular complexity index is 972. The average Bonchev–Trinajstić information content (AvgIpc) is 2.86. The lowest BCUT2D eigenvalue weighted by Gasteiger charge is -2.36. The molecule has 184 valence electrons. The normalized spacial score (nSPS) is 13.7. The van der Waals surface area contributed by atoms with Crippen molar-refractivity contribution >= 4 is 17.6 Å². The van der Waals surface area contributed by atoms with Crippen LogP contribution in [0.3, 0.4) is 0 Å². The van der Waals surface area contributed by atoms with Crippen molar-refractivity contribution in [1.29, 1.82) is 0 Å². The highest BCUT2D eigenvalue weighted by Crippen LogP contribution is 2.31. The Labute approximate surface area is 201 Å². The molecule has 0 spiro atoms. The van der Waals surface area contributed by atoms with Crippen LogP contribution in [0.15, 0.2) is 30.3 Å². The first-order valence-corrected chi connectivity index (χ1v) is 11.7. The predicted molar refractivity (Wildman–Crippen MR) is 131 cm³/mol. The Morgan fingerprint density at radius 1 is 1.00 bits per heavy atom. The quantitative estimate of drug-likeness (QED) is 0.558. The second kappa shape index (κ2) is 11.7. The molecule has 3 rings (SSSR count). The van der Waals surface area contributed by atoms with Gasteiger partial charge in [0, 0.05) is 44.7 Å². The number of methoxy groups -OCH3 is 2. The number of hydrogen-bond donors (Lipinski definition) is 0. The van der Waals surface area contributed by atoms with E-state index in [2.05, 4.69) is 15.1 Å². The van der Waals surface area contributed by atoms with E-state index in [4.69, 9.17) is 9.47 Å². The van der Waals surface area contributed by atoms with Crippen LogP contribution in [0.25, 0.3) is 11.3 Å². The third kappa shape index (κ3) is 6.15. The Balaban J connectivity index is 1.57. The zero-order valence-corrected chi connectivity index (χ0v) is 20.8. The van der Waals surface area contributed by atoms with E-state index in [0.29, 0.717) is 50.6 Å². The molecule has 0 saturated carbocycles. The number of piperazine rings is 1. The fourth-order valence-electron chi connectivity index (χ4n) is 3.95. The maximum absolute atomic E-state index is 12.8. The van der Waals surface area contributed by atoms with Gasteiger partial charge in [0.15, 0.2) is 17.3 Å². The lowest BCUT2D eigenvalue weighted by atomic mass is 10.1. The van der Waals surface area contributed by atoms with E-state index in [0.717, 1.165) is 17.1 Å². The first kappa shape index (κ1) is 25.3. The highest BCUT2D eigenvalue weighted by Gasteiger charge is 2.25. The van der Waals surface area contributed by atoms with Crippen molar-refractivity contribution in [3.8, 4) is 22.8 Å². The number of amides is 2. The second-order valence-electron chi connectivity index (χ2n) is 8.72. The number of rotatable bonds is 9. The standard InChI is InChI=1S/C25H35N5O4/c1-6-28(24(31)15-18(2)3)17-25(32)30-13-11-29(12-14-30)23-10-8-20(26-27-23)19-7-9-21(33-4)22(16-19)34-5/h7-10,16,18H,6,11-15,17H2,1-5H3. The Hall–Kier alpha value is -3.36. The van der Waals surface area contributed by atoms with Gasteiger partial charge >= 0.3 is 0 Å². The summed E-state index contributed by atoms with van der Waals surface area (Å²) in [5.41, 5.74) is 1.63. The summed E-state index contributed by atoms with van der Waals surface area (Å²) in [6.07, 6.45) is 0.465. The van der Waals surface area contributed by atoms with Crippen LogP contribution in [0.1, 0.15) is 27.2 Å². The van der Waals surface area contributed by atoms with Gasteiger partial charge in [0.1, 0.15) is 0 Å². The van der Waals surface area contributed by atoms with Gasteiger partial charge in [0.25, 0.3) is 0 Å². The summed E-state index contributed by atoms with van der Waals surface area (Å²) in [7, 11) is 3.20. The molecule has 1 aromatic carbocycles. The number of carbonyl (C=O) groups is 2. The number of benzene rings is 1. The van der Waals surface area contributed by atoms with Crippen molar-refractivity contribution in [1.82, 2.24) is 20.0 Å². The van der Waals surface area contributed by atoms with Gasteiger partial charge in [-0.2, -0.15) is 0 Å². The van der Waals surface area contributed by atoms with Gasteiger partial charge in [-0.3, -0.25) is 9.59 Å². The molecule has 2 aromatic rings. The maximum atomic E-state index is 12.8. The van der Waals surface area contributed by atoms with Crippen molar-refractivity contribution in [2.75, 3.05) is 58.4 Å². The second-order valence-corrected chi connectivity index (χ2v) is 8.72. The fourth-order valence-corrected chi connectivity index (χ4v) is 3.95. The summed E-state index contributed by atoms with van der Waals surface area (Å²) < 4.78 is 10.7. The van der Waals surface area contributed by atoms with E-state index < -0.39 is 0 Å². The molecule has 0 atom stereocenters. The van der Waals surface area contributed by atoms with Crippen LogP contribution in [-0.4, -0.2) is 85.3 Å². The average molecular weight is 470 g/mol. The molecular formula is C25H35N5O4. The van der Waals surface area contributed by atoms with Crippen LogP contribution >= 0.6 is 0 Å². The van der Waals surface area contributed by atoms with Gasteiger partial charge in [-0.25, -0.2) is 0 Å². The first-order chi connectivity index (χ1) is 16.4. The topological polar surface area (TPSA) is 88.1 Å². The van der Waals surface area contributed by atoms with Gasteiger partial charge in [-0.15, -0.1) is 10.2 Å². The molecule has 9 nitrogen and oxygen atoms in total. The summed E-state index contributed by atoms with van der Waals surface area (Å²) in [5, 5.41) is 8.80. The van der Waals surface area contributed by atoms with E-state index in [9.17, 15) is 9.59 Å². The Kier molecular flexibility index (Phi) is 8.67. The van der Waals surface area contributed by atoms with Crippen LogP contribution in [0, 0.1) is 5.92 Å². The van der Waals surface area contributed by atoms with Crippen LogP contribution < -0.4 is 14.4 Å². The number of ether oxygens (including phenoxy) is 2. The zero-order valence-electron chi connectivity index (χ0n) is 20.8. The minimum absolute atomic E-state index is 0.00603. The van der Waals surface area contributed by atoms with Crippen molar-refractivity contribution in [3.05, 3.63) is 30.3 Å². The highest BCUT2D eigenvalue weighted by molar-refractivity contribution is 5.85. The number of nitrogens with zero attached hydrogens (tertiary/aromatic N) is 5.